The van der Waals surface area contributed by atoms with Gasteiger partial charge >= 0.3 is 0 Å². The van der Waals surface area contributed by atoms with Crippen LogP contribution in [0.3, 0.4) is 0 Å². The Balaban J connectivity index is 1.32. The van der Waals surface area contributed by atoms with E-state index in [9.17, 15) is 0 Å². The Kier molecular flexibility index (Phi) is 6.36. The van der Waals surface area contributed by atoms with E-state index in [1.54, 1.807) is 0 Å². The first-order chi connectivity index (χ1) is 24.3. The molecule has 0 unspecified atom stereocenters. The highest BCUT2D eigenvalue weighted by Crippen LogP contribution is 2.43. The van der Waals surface area contributed by atoms with Crippen molar-refractivity contribution >= 4 is 63.8 Å². The maximum atomic E-state index is 5.32. The van der Waals surface area contributed by atoms with Gasteiger partial charge in [-0.25, -0.2) is 15.0 Å². The van der Waals surface area contributed by atoms with Gasteiger partial charge < -0.3 is 0 Å². The number of fused-ring (bicyclic) bond motifs is 9. The van der Waals surface area contributed by atoms with Gasteiger partial charge in [0.1, 0.15) is 0 Å². The smallest absolute Gasteiger partial charge is 0.164 e. The fourth-order valence-corrected chi connectivity index (χ4v) is 8.30. The third-order valence-electron chi connectivity index (χ3n) is 9.49. The van der Waals surface area contributed by atoms with Crippen LogP contribution in [0.4, 0.5) is 0 Å². The molecule has 10 aromatic rings. The second-order valence-electron chi connectivity index (χ2n) is 12.4. The number of rotatable bonds is 4. The second-order valence-corrected chi connectivity index (χ2v) is 13.5. The molecule has 49 heavy (non-hydrogen) atoms. The highest BCUT2D eigenvalue weighted by atomic mass is 32.1. The van der Waals surface area contributed by atoms with E-state index in [2.05, 4.69) is 146 Å². The van der Waals surface area contributed by atoms with Crippen LogP contribution in [0.1, 0.15) is 0 Å². The van der Waals surface area contributed by atoms with Crippen molar-refractivity contribution in [2.45, 2.75) is 0 Å². The van der Waals surface area contributed by atoms with Crippen LogP contribution in [0.5, 0.6) is 0 Å². The number of benzene rings is 8. The molecule has 3 nitrogen and oxygen atoms in total. The van der Waals surface area contributed by atoms with Crippen LogP contribution >= 0.6 is 11.3 Å². The SMILES string of the molecule is c1ccc(-c2cc(-c3nc(-c4ccccc4)nc(-c4ccc5sc6ccccc6c5c4)n3)c3c4ccccc4c4ccccc4c3c2)cc1. The summed E-state index contributed by atoms with van der Waals surface area (Å²) in [6.45, 7) is 0. The summed E-state index contributed by atoms with van der Waals surface area (Å²) < 4.78 is 2.53. The van der Waals surface area contributed by atoms with Crippen molar-refractivity contribution in [3.05, 3.63) is 164 Å². The fraction of sp³-hybridized carbons (Fsp3) is 0. The summed E-state index contributed by atoms with van der Waals surface area (Å²) in [5, 5.41) is 9.63. The largest absolute Gasteiger partial charge is 0.208 e. The Morgan fingerprint density at radius 3 is 1.55 bits per heavy atom. The molecule has 0 aliphatic rings. The third kappa shape index (κ3) is 4.61. The van der Waals surface area contributed by atoms with Crippen LogP contribution in [0, 0.1) is 0 Å². The molecule has 10 rings (SSSR count). The summed E-state index contributed by atoms with van der Waals surface area (Å²) in [7, 11) is 0. The summed E-state index contributed by atoms with van der Waals surface area (Å²) in [6, 6.07) is 58.0. The van der Waals surface area contributed by atoms with E-state index in [4.69, 9.17) is 15.0 Å². The maximum Gasteiger partial charge on any atom is 0.164 e. The van der Waals surface area contributed by atoms with Crippen LogP contribution in [0.15, 0.2) is 164 Å². The lowest BCUT2D eigenvalue weighted by Gasteiger charge is -2.17. The average molecular weight is 642 g/mol. The molecule has 0 saturated carbocycles. The maximum absolute atomic E-state index is 5.32. The van der Waals surface area contributed by atoms with Crippen molar-refractivity contribution in [1.29, 1.82) is 0 Å². The molecule has 0 N–H and O–H groups in total. The minimum absolute atomic E-state index is 0.652. The number of aromatic nitrogens is 3. The molecule has 0 spiro atoms. The lowest BCUT2D eigenvalue weighted by Crippen LogP contribution is -2.01. The van der Waals surface area contributed by atoms with Crippen LogP contribution in [-0.4, -0.2) is 15.0 Å². The summed E-state index contributed by atoms with van der Waals surface area (Å²) in [5.74, 6) is 1.96. The van der Waals surface area contributed by atoms with E-state index >= 15 is 0 Å². The molecule has 2 heterocycles. The molecule has 0 aliphatic carbocycles. The predicted molar refractivity (Wildman–Crippen MR) is 207 cm³/mol. The van der Waals surface area contributed by atoms with Gasteiger partial charge in [-0.05, 0) is 74.5 Å². The molecule has 0 bridgehead atoms. The zero-order valence-electron chi connectivity index (χ0n) is 26.3. The van der Waals surface area contributed by atoms with E-state index in [0.29, 0.717) is 17.5 Å². The Hall–Kier alpha value is -6.23. The highest BCUT2D eigenvalue weighted by molar-refractivity contribution is 7.25. The fourth-order valence-electron chi connectivity index (χ4n) is 7.21. The predicted octanol–water partition coefficient (Wildman–Crippen LogP) is 12.4. The number of hydrogen-bond donors (Lipinski definition) is 0. The van der Waals surface area contributed by atoms with Crippen LogP contribution in [0.2, 0.25) is 0 Å². The monoisotopic (exact) mass is 641 g/mol. The summed E-state index contributed by atoms with van der Waals surface area (Å²) in [6.07, 6.45) is 0. The van der Waals surface area contributed by atoms with Crippen molar-refractivity contribution < 1.29 is 0 Å². The minimum atomic E-state index is 0.652. The van der Waals surface area contributed by atoms with Gasteiger partial charge in [-0.3, -0.25) is 0 Å². The summed E-state index contributed by atoms with van der Waals surface area (Å²) in [5.41, 5.74) is 5.18. The molecule has 8 aromatic carbocycles. The third-order valence-corrected chi connectivity index (χ3v) is 10.6. The molecule has 4 heteroatoms. The van der Waals surface area contributed by atoms with Gasteiger partial charge in [0.15, 0.2) is 17.5 Å². The molecule has 0 saturated heterocycles. The highest BCUT2D eigenvalue weighted by Gasteiger charge is 2.20. The van der Waals surface area contributed by atoms with Gasteiger partial charge in [0.05, 0.1) is 0 Å². The number of hydrogen-bond acceptors (Lipinski definition) is 4. The van der Waals surface area contributed by atoms with Gasteiger partial charge in [0.25, 0.3) is 0 Å². The van der Waals surface area contributed by atoms with E-state index in [0.717, 1.165) is 33.2 Å². The molecule has 2 aromatic heterocycles. The zero-order chi connectivity index (χ0) is 32.3. The molecule has 0 fully saturated rings. The van der Waals surface area contributed by atoms with Crippen LogP contribution in [-0.2, 0) is 0 Å². The molecular weight excluding hydrogens is 615 g/mol. The Bertz CT molecular complexity index is 2880. The zero-order valence-corrected chi connectivity index (χ0v) is 27.2. The van der Waals surface area contributed by atoms with Crippen LogP contribution < -0.4 is 0 Å². The van der Waals surface area contributed by atoms with E-state index in [1.165, 1.54) is 47.1 Å². The molecule has 0 radical (unpaired) electrons. The van der Waals surface area contributed by atoms with Gasteiger partial charge in [-0.1, -0.05) is 127 Å². The number of nitrogens with zero attached hydrogens (tertiary/aromatic N) is 3. The first kappa shape index (κ1) is 27.8. The van der Waals surface area contributed by atoms with Gasteiger partial charge in [-0.2, -0.15) is 0 Å². The van der Waals surface area contributed by atoms with Crippen molar-refractivity contribution in [3.63, 3.8) is 0 Å². The molecule has 0 atom stereocenters. The van der Waals surface area contributed by atoms with Crippen molar-refractivity contribution in [2.24, 2.45) is 0 Å². The lowest BCUT2D eigenvalue weighted by atomic mass is 9.88. The average Bonchev–Trinajstić information content (AvgIpc) is 3.56. The van der Waals surface area contributed by atoms with E-state index in [1.807, 2.05) is 29.5 Å². The van der Waals surface area contributed by atoms with Gasteiger partial charge in [0.2, 0.25) is 0 Å². The molecular formula is C45H27N3S. The van der Waals surface area contributed by atoms with Gasteiger partial charge in [0, 0.05) is 42.2 Å². The summed E-state index contributed by atoms with van der Waals surface area (Å²) in [4.78, 5) is 15.7. The second kappa shape index (κ2) is 11.2. The lowest BCUT2D eigenvalue weighted by molar-refractivity contribution is 1.08. The van der Waals surface area contributed by atoms with Crippen molar-refractivity contribution in [1.82, 2.24) is 15.0 Å². The Morgan fingerprint density at radius 2 is 0.816 bits per heavy atom. The normalized spacial score (nSPS) is 11.7. The van der Waals surface area contributed by atoms with E-state index in [-0.39, 0.29) is 0 Å². The number of thiophene rings is 1. The minimum Gasteiger partial charge on any atom is -0.208 e. The first-order valence-electron chi connectivity index (χ1n) is 16.4. The van der Waals surface area contributed by atoms with Crippen LogP contribution in [0.25, 0.3) is 97.8 Å². The standard InChI is InChI=1S/C45H27N3S/c1-3-13-28(14-4-1)31-26-38-34-19-8-7-17-32(34)33-18-9-10-21-36(33)42(38)39(27-31)45-47-43(29-15-5-2-6-16-29)46-44(48-45)30-23-24-41-37(25-30)35-20-11-12-22-40(35)49-41/h1-27H. The summed E-state index contributed by atoms with van der Waals surface area (Å²) >= 11 is 1.82. The molecule has 0 aliphatic heterocycles. The van der Waals surface area contributed by atoms with Crippen molar-refractivity contribution in [2.75, 3.05) is 0 Å². The Labute approximate surface area is 286 Å². The Morgan fingerprint density at radius 1 is 0.306 bits per heavy atom. The van der Waals surface area contributed by atoms with Crippen molar-refractivity contribution in [3.8, 4) is 45.3 Å². The molecule has 0 amide bonds. The molecule has 228 valence electrons. The van der Waals surface area contributed by atoms with E-state index < -0.39 is 0 Å². The quantitative estimate of drug-likeness (QED) is 0.180. The first-order valence-corrected chi connectivity index (χ1v) is 17.3. The topological polar surface area (TPSA) is 38.7 Å². The van der Waals surface area contributed by atoms with Gasteiger partial charge in [-0.15, -0.1) is 11.3 Å².